The Kier molecular flexibility index (Phi) is 3.01. The standard InChI is InChI=1S/C10H10BrN3O/c1-2-15-10-5-8(11)3-4-9(10)14-7-12-6-13-14/h3-7H,2H2,1H3. The van der Waals surface area contributed by atoms with Gasteiger partial charge in [-0.25, -0.2) is 9.67 Å². The van der Waals surface area contributed by atoms with Crippen LogP contribution in [0.25, 0.3) is 5.69 Å². The molecule has 1 aromatic carbocycles. The predicted molar refractivity (Wildman–Crippen MR) is 60.2 cm³/mol. The normalized spacial score (nSPS) is 10.3. The van der Waals surface area contributed by atoms with Crippen LogP contribution >= 0.6 is 15.9 Å². The molecule has 0 unspecified atom stereocenters. The maximum absolute atomic E-state index is 5.52. The van der Waals surface area contributed by atoms with Crippen LogP contribution in [0.4, 0.5) is 0 Å². The second kappa shape index (κ2) is 4.44. The third-order valence-electron chi connectivity index (χ3n) is 1.89. The molecular formula is C10H10BrN3O. The van der Waals surface area contributed by atoms with E-state index < -0.39 is 0 Å². The van der Waals surface area contributed by atoms with E-state index in [1.165, 1.54) is 6.33 Å². The maximum atomic E-state index is 5.52. The number of ether oxygens (including phenoxy) is 1. The fourth-order valence-corrected chi connectivity index (χ4v) is 1.62. The Bertz CT molecular complexity index is 442. The zero-order valence-electron chi connectivity index (χ0n) is 8.22. The highest BCUT2D eigenvalue weighted by atomic mass is 79.9. The van der Waals surface area contributed by atoms with E-state index in [1.807, 2.05) is 25.1 Å². The van der Waals surface area contributed by atoms with Crippen molar-refractivity contribution in [2.75, 3.05) is 6.61 Å². The lowest BCUT2D eigenvalue weighted by molar-refractivity contribution is 0.338. The molecule has 0 amide bonds. The third-order valence-corrected chi connectivity index (χ3v) is 2.38. The lowest BCUT2D eigenvalue weighted by Crippen LogP contribution is -2.00. The fourth-order valence-electron chi connectivity index (χ4n) is 1.28. The molecule has 4 nitrogen and oxygen atoms in total. The van der Waals surface area contributed by atoms with Crippen molar-refractivity contribution in [1.82, 2.24) is 14.8 Å². The van der Waals surface area contributed by atoms with Crippen LogP contribution in [0.15, 0.2) is 35.3 Å². The van der Waals surface area contributed by atoms with Gasteiger partial charge in [0.25, 0.3) is 0 Å². The third kappa shape index (κ3) is 2.18. The van der Waals surface area contributed by atoms with Gasteiger partial charge in [-0.3, -0.25) is 0 Å². The van der Waals surface area contributed by atoms with Gasteiger partial charge in [0.2, 0.25) is 0 Å². The number of nitrogens with zero attached hydrogens (tertiary/aromatic N) is 3. The summed E-state index contributed by atoms with van der Waals surface area (Å²) in [6.45, 7) is 2.57. The summed E-state index contributed by atoms with van der Waals surface area (Å²) in [4.78, 5) is 3.91. The Balaban J connectivity index is 2.46. The van der Waals surface area contributed by atoms with Crippen molar-refractivity contribution in [2.24, 2.45) is 0 Å². The fraction of sp³-hybridized carbons (Fsp3) is 0.200. The van der Waals surface area contributed by atoms with Crippen LogP contribution in [0.3, 0.4) is 0 Å². The predicted octanol–water partition coefficient (Wildman–Crippen LogP) is 2.43. The maximum Gasteiger partial charge on any atom is 0.146 e. The second-order valence-corrected chi connectivity index (χ2v) is 3.80. The number of rotatable bonds is 3. The molecule has 0 N–H and O–H groups in total. The molecule has 5 heteroatoms. The van der Waals surface area contributed by atoms with E-state index in [9.17, 15) is 0 Å². The van der Waals surface area contributed by atoms with E-state index in [4.69, 9.17) is 4.74 Å². The minimum Gasteiger partial charge on any atom is -0.492 e. The van der Waals surface area contributed by atoms with Gasteiger partial charge in [-0.15, -0.1) is 0 Å². The molecule has 1 aromatic heterocycles. The van der Waals surface area contributed by atoms with Gasteiger partial charge in [0.1, 0.15) is 24.1 Å². The van der Waals surface area contributed by atoms with Crippen molar-refractivity contribution < 1.29 is 4.74 Å². The number of hydrogen-bond acceptors (Lipinski definition) is 3. The van der Waals surface area contributed by atoms with Gasteiger partial charge in [0.05, 0.1) is 6.61 Å². The molecule has 0 atom stereocenters. The molecule has 0 bridgehead atoms. The summed E-state index contributed by atoms with van der Waals surface area (Å²) in [6.07, 6.45) is 3.14. The summed E-state index contributed by atoms with van der Waals surface area (Å²) in [5, 5.41) is 4.07. The summed E-state index contributed by atoms with van der Waals surface area (Å²) in [5.74, 6) is 0.789. The minimum absolute atomic E-state index is 0.623. The molecular weight excluding hydrogens is 258 g/mol. The molecule has 0 radical (unpaired) electrons. The van der Waals surface area contributed by atoms with Gasteiger partial charge in [-0.05, 0) is 25.1 Å². The molecule has 0 saturated carbocycles. The summed E-state index contributed by atoms with van der Waals surface area (Å²) < 4.78 is 8.18. The van der Waals surface area contributed by atoms with Gasteiger partial charge >= 0.3 is 0 Å². The first-order valence-electron chi connectivity index (χ1n) is 4.58. The molecule has 2 rings (SSSR count). The summed E-state index contributed by atoms with van der Waals surface area (Å²) in [5.41, 5.74) is 0.887. The average molecular weight is 268 g/mol. The van der Waals surface area contributed by atoms with Crippen LogP contribution in [-0.4, -0.2) is 21.4 Å². The second-order valence-electron chi connectivity index (χ2n) is 2.89. The van der Waals surface area contributed by atoms with Crippen LogP contribution in [0, 0.1) is 0 Å². The van der Waals surface area contributed by atoms with Crippen LogP contribution < -0.4 is 4.74 Å². The zero-order valence-corrected chi connectivity index (χ0v) is 9.81. The summed E-state index contributed by atoms with van der Waals surface area (Å²) >= 11 is 3.40. The number of benzene rings is 1. The molecule has 0 aliphatic rings. The van der Waals surface area contributed by atoms with Crippen LogP contribution in [0.5, 0.6) is 5.75 Å². The van der Waals surface area contributed by atoms with Gasteiger partial charge in [-0.1, -0.05) is 15.9 Å². The van der Waals surface area contributed by atoms with E-state index in [0.29, 0.717) is 6.61 Å². The Labute approximate surface area is 96.0 Å². The highest BCUT2D eigenvalue weighted by Gasteiger charge is 2.06. The summed E-state index contributed by atoms with van der Waals surface area (Å²) in [6, 6.07) is 5.80. The SMILES string of the molecule is CCOc1cc(Br)ccc1-n1cncn1. The van der Waals surface area contributed by atoms with E-state index in [0.717, 1.165) is 15.9 Å². The Hall–Kier alpha value is -1.36. The van der Waals surface area contributed by atoms with E-state index in [-0.39, 0.29) is 0 Å². The molecule has 0 saturated heterocycles. The topological polar surface area (TPSA) is 39.9 Å². The lowest BCUT2D eigenvalue weighted by Gasteiger charge is -2.09. The van der Waals surface area contributed by atoms with Gasteiger partial charge in [-0.2, -0.15) is 5.10 Å². The van der Waals surface area contributed by atoms with Crippen molar-refractivity contribution in [1.29, 1.82) is 0 Å². The average Bonchev–Trinajstić information content (AvgIpc) is 2.71. The monoisotopic (exact) mass is 267 g/mol. The van der Waals surface area contributed by atoms with E-state index >= 15 is 0 Å². The Morgan fingerprint density at radius 2 is 2.33 bits per heavy atom. The molecule has 0 aliphatic heterocycles. The van der Waals surface area contributed by atoms with Gasteiger partial charge < -0.3 is 4.74 Å². The van der Waals surface area contributed by atoms with Crippen LogP contribution in [-0.2, 0) is 0 Å². The summed E-state index contributed by atoms with van der Waals surface area (Å²) in [7, 11) is 0. The number of hydrogen-bond donors (Lipinski definition) is 0. The lowest BCUT2D eigenvalue weighted by atomic mass is 10.3. The highest BCUT2D eigenvalue weighted by Crippen LogP contribution is 2.26. The number of halogens is 1. The van der Waals surface area contributed by atoms with Crippen molar-refractivity contribution in [3.63, 3.8) is 0 Å². The van der Waals surface area contributed by atoms with Crippen molar-refractivity contribution in [2.45, 2.75) is 6.92 Å². The Morgan fingerprint density at radius 1 is 1.47 bits per heavy atom. The molecule has 0 aliphatic carbocycles. The van der Waals surface area contributed by atoms with E-state index in [2.05, 4.69) is 26.0 Å². The first kappa shape index (κ1) is 10.2. The molecule has 2 aromatic rings. The quantitative estimate of drug-likeness (QED) is 0.858. The molecule has 15 heavy (non-hydrogen) atoms. The largest absolute Gasteiger partial charge is 0.492 e. The van der Waals surface area contributed by atoms with Crippen molar-refractivity contribution in [3.8, 4) is 11.4 Å². The first-order valence-corrected chi connectivity index (χ1v) is 5.38. The first-order chi connectivity index (χ1) is 7.31. The van der Waals surface area contributed by atoms with Crippen molar-refractivity contribution >= 4 is 15.9 Å². The molecule has 78 valence electrons. The number of aromatic nitrogens is 3. The smallest absolute Gasteiger partial charge is 0.146 e. The van der Waals surface area contributed by atoms with Crippen LogP contribution in [0.1, 0.15) is 6.92 Å². The van der Waals surface area contributed by atoms with Gasteiger partial charge in [0, 0.05) is 4.47 Å². The zero-order chi connectivity index (χ0) is 10.7. The van der Waals surface area contributed by atoms with Crippen molar-refractivity contribution in [3.05, 3.63) is 35.3 Å². The molecule has 0 fully saturated rings. The highest BCUT2D eigenvalue weighted by molar-refractivity contribution is 9.10. The minimum atomic E-state index is 0.623. The van der Waals surface area contributed by atoms with Crippen LogP contribution in [0.2, 0.25) is 0 Å². The Morgan fingerprint density at radius 3 is 3.00 bits per heavy atom. The molecule has 1 heterocycles. The van der Waals surface area contributed by atoms with Gasteiger partial charge in [0.15, 0.2) is 0 Å². The van der Waals surface area contributed by atoms with E-state index in [1.54, 1.807) is 11.0 Å². The molecule has 0 spiro atoms.